The minimum Gasteiger partial charge on any atom is -0.497 e. The Morgan fingerprint density at radius 2 is 1.78 bits per heavy atom. The standard InChI is InChI=1S/C28H36N2O6/c1-6-34-28(32)26-22(20-9-12-23-24(13-20)36-17-35-23)15-30(16-25(31)29(4)14-18(2)3)27(26)19-7-10-21(33-5)11-8-19/h7-13,18,22,26-27H,6,14-17H2,1-5H3/t22-,26-,27+/m1/s1. The molecular weight excluding hydrogens is 460 g/mol. The van der Waals surface area contributed by atoms with Crippen LogP contribution in [0.4, 0.5) is 0 Å². The number of amides is 1. The first-order chi connectivity index (χ1) is 17.3. The van der Waals surface area contributed by atoms with Crippen LogP contribution in [-0.4, -0.2) is 68.9 Å². The second-order valence-electron chi connectivity index (χ2n) is 9.81. The molecule has 1 saturated heterocycles. The monoisotopic (exact) mass is 496 g/mol. The number of carbonyl (C=O) groups is 2. The Balaban J connectivity index is 1.73. The fraction of sp³-hybridized carbons (Fsp3) is 0.500. The highest BCUT2D eigenvalue weighted by Crippen LogP contribution is 2.48. The number of benzene rings is 2. The third-order valence-corrected chi connectivity index (χ3v) is 6.84. The maximum Gasteiger partial charge on any atom is 0.311 e. The number of nitrogens with zero attached hydrogens (tertiary/aromatic N) is 2. The summed E-state index contributed by atoms with van der Waals surface area (Å²) in [4.78, 5) is 30.6. The fourth-order valence-electron chi connectivity index (χ4n) is 5.24. The molecule has 0 unspecified atom stereocenters. The molecule has 2 aromatic carbocycles. The van der Waals surface area contributed by atoms with Crippen LogP contribution in [0.5, 0.6) is 17.2 Å². The number of likely N-dealkylation sites (N-methyl/N-ethyl adjacent to an activating group) is 1. The first-order valence-electron chi connectivity index (χ1n) is 12.5. The Morgan fingerprint density at radius 3 is 2.44 bits per heavy atom. The molecule has 8 heteroatoms. The van der Waals surface area contributed by atoms with Crippen LogP contribution in [0, 0.1) is 11.8 Å². The maximum atomic E-state index is 13.5. The van der Waals surface area contributed by atoms with E-state index in [4.69, 9.17) is 18.9 Å². The van der Waals surface area contributed by atoms with Gasteiger partial charge in [0.15, 0.2) is 11.5 Å². The second-order valence-corrected chi connectivity index (χ2v) is 9.81. The van der Waals surface area contributed by atoms with E-state index >= 15 is 0 Å². The van der Waals surface area contributed by atoms with Crippen molar-refractivity contribution in [3.63, 3.8) is 0 Å². The van der Waals surface area contributed by atoms with Crippen molar-refractivity contribution in [3.05, 3.63) is 53.6 Å². The van der Waals surface area contributed by atoms with Crippen LogP contribution in [0.1, 0.15) is 43.9 Å². The molecule has 0 bridgehead atoms. The average molecular weight is 497 g/mol. The lowest BCUT2D eigenvalue weighted by Crippen LogP contribution is -2.40. The SMILES string of the molecule is CCOC(=O)[C@@H]1[C@@H](c2ccc3c(c2)OCO3)CN(CC(=O)N(C)CC(C)C)[C@H]1c1ccc(OC)cc1. The van der Waals surface area contributed by atoms with Gasteiger partial charge in [-0.3, -0.25) is 14.5 Å². The third-order valence-electron chi connectivity index (χ3n) is 6.84. The van der Waals surface area contributed by atoms with Crippen molar-refractivity contribution in [3.8, 4) is 17.2 Å². The first kappa shape index (κ1) is 25.8. The lowest BCUT2D eigenvalue weighted by atomic mass is 9.82. The summed E-state index contributed by atoms with van der Waals surface area (Å²) in [6, 6.07) is 13.2. The van der Waals surface area contributed by atoms with E-state index < -0.39 is 5.92 Å². The highest BCUT2D eigenvalue weighted by atomic mass is 16.7. The zero-order valence-electron chi connectivity index (χ0n) is 21.7. The zero-order chi connectivity index (χ0) is 25.8. The van der Waals surface area contributed by atoms with E-state index in [-0.39, 0.29) is 43.8 Å². The van der Waals surface area contributed by atoms with Crippen LogP contribution < -0.4 is 14.2 Å². The van der Waals surface area contributed by atoms with Crippen molar-refractivity contribution in [1.29, 1.82) is 0 Å². The van der Waals surface area contributed by atoms with Gasteiger partial charge in [0.1, 0.15) is 5.75 Å². The van der Waals surface area contributed by atoms with E-state index in [1.54, 1.807) is 12.0 Å². The molecule has 0 N–H and O–H groups in total. The number of hydrogen-bond acceptors (Lipinski definition) is 7. The van der Waals surface area contributed by atoms with E-state index in [0.29, 0.717) is 30.5 Å². The number of carbonyl (C=O) groups excluding carboxylic acids is 2. The van der Waals surface area contributed by atoms with Crippen molar-refractivity contribution in [2.75, 3.05) is 47.2 Å². The quantitative estimate of drug-likeness (QED) is 0.488. The normalized spacial score (nSPS) is 21.0. The number of methoxy groups -OCH3 is 1. The largest absolute Gasteiger partial charge is 0.497 e. The molecule has 0 saturated carbocycles. The van der Waals surface area contributed by atoms with Gasteiger partial charge in [0.05, 0.1) is 26.2 Å². The molecule has 0 aliphatic carbocycles. The lowest BCUT2D eigenvalue weighted by Gasteiger charge is -2.29. The molecule has 194 valence electrons. The van der Waals surface area contributed by atoms with Gasteiger partial charge < -0.3 is 23.8 Å². The van der Waals surface area contributed by atoms with Crippen LogP contribution in [0.2, 0.25) is 0 Å². The Hall–Kier alpha value is -3.26. The molecule has 1 fully saturated rings. The molecule has 3 atom stereocenters. The molecule has 0 radical (unpaired) electrons. The predicted octanol–water partition coefficient (Wildman–Crippen LogP) is 3.86. The predicted molar refractivity (Wildman–Crippen MR) is 135 cm³/mol. The van der Waals surface area contributed by atoms with Crippen molar-refractivity contribution in [1.82, 2.24) is 9.80 Å². The van der Waals surface area contributed by atoms with Crippen LogP contribution in [0.3, 0.4) is 0 Å². The highest BCUT2D eigenvalue weighted by molar-refractivity contribution is 5.79. The summed E-state index contributed by atoms with van der Waals surface area (Å²) in [5.74, 6) is 1.53. The zero-order valence-corrected chi connectivity index (χ0v) is 21.7. The minimum atomic E-state index is -0.498. The van der Waals surface area contributed by atoms with E-state index in [2.05, 4.69) is 18.7 Å². The highest BCUT2D eigenvalue weighted by Gasteiger charge is 2.48. The fourth-order valence-corrected chi connectivity index (χ4v) is 5.24. The average Bonchev–Trinajstić information content (AvgIpc) is 3.48. The molecule has 2 aliphatic rings. The molecule has 2 heterocycles. The summed E-state index contributed by atoms with van der Waals surface area (Å²) >= 11 is 0. The van der Waals surface area contributed by atoms with Crippen molar-refractivity contribution in [2.24, 2.45) is 11.8 Å². The maximum absolute atomic E-state index is 13.5. The topological polar surface area (TPSA) is 77.5 Å². The minimum absolute atomic E-state index is 0.0242. The lowest BCUT2D eigenvalue weighted by molar-refractivity contribution is -0.149. The molecular formula is C28H36N2O6. The molecule has 0 spiro atoms. The number of fused-ring (bicyclic) bond motifs is 1. The number of ether oxygens (including phenoxy) is 4. The van der Waals surface area contributed by atoms with Gasteiger partial charge in [-0.25, -0.2) is 0 Å². The van der Waals surface area contributed by atoms with Crippen LogP contribution >= 0.6 is 0 Å². The summed E-state index contributed by atoms with van der Waals surface area (Å²) in [5, 5.41) is 0. The van der Waals surface area contributed by atoms with Gasteiger partial charge in [-0.1, -0.05) is 32.0 Å². The number of hydrogen-bond donors (Lipinski definition) is 0. The summed E-state index contributed by atoms with van der Waals surface area (Å²) < 4.78 is 22.0. The second kappa shape index (κ2) is 11.2. The van der Waals surface area contributed by atoms with Crippen LogP contribution in [0.25, 0.3) is 0 Å². The van der Waals surface area contributed by atoms with Gasteiger partial charge >= 0.3 is 5.97 Å². The van der Waals surface area contributed by atoms with Gasteiger partial charge in [0.2, 0.25) is 12.7 Å². The molecule has 1 amide bonds. The van der Waals surface area contributed by atoms with Gasteiger partial charge in [0.25, 0.3) is 0 Å². The summed E-state index contributed by atoms with van der Waals surface area (Å²) in [5.41, 5.74) is 1.90. The smallest absolute Gasteiger partial charge is 0.311 e. The van der Waals surface area contributed by atoms with E-state index in [1.807, 2.05) is 56.4 Å². The van der Waals surface area contributed by atoms with Gasteiger partial charge in [-0.15, -0.1) is 0 Å². The number of esters is 1. The number of likely N-dealkylation sites (tertiary alicyclic amines) is 1. The first-order valence-corrected chi connectivity index (χ1v) is 12.5. The van der Waals surface area contributed by atoms with E-state index in [9.17, 15) is 9.59 Å². The molecule has 8 nitrogen and oxygen atoms in total. The summed E-state index contributed by atoms with van der Waals surface area (Å²) in [7, 11) is 3.45. The molecule has 36 heavy (non-hydrogen) atoms. The molecule has 4 rings (SSSR count). The third kappa shape index (κ3) is 5.43. The van der Waals surface area contributed by atoms with Crippen molar-refractivity contribution in [2.45, 2.75) is 32.7 Å². The van der Waals surface area contributed by atoms with Gasteiger partial charge in [0, 0.05) is 32.1 Å². The Morgan fingerprint density at radius 1 is 1.08 bits per heavy atom. The Kier molecular flexibility index (Phi) is 8.04. The molecule has 2 aromatic rings. The van der Waals surface area contributed by atoms with Crippen molar-refractivity contribution < 1.29 is 28.5 Å². The number of rotatable bonds is 9. The van der Waals surface area contributed by atoms with Gasteiger partial charge in [-0.05, 0) is 48.2 Å². The molecule has 2 aliphatic heterocycles. The molecule has 0 aromatic heterocycles. The summed E-state index contributed by atoms with van der Waals surface area (Å²) in [6.45, 7) is 7.87. The van der Waals surface area contributed by atoms with Crippen LogP contribution in [-0.2, 0) is 14.3 Å². The Bertz CT molecular complexity index is 1070. The van der Waals surface area contributed by atoms with Crippen molar-refractivity contribution >= 4 is 11.9 Å². The van der Waals surface area contributed by atoms with E-state index in [0.717, 1.165) is 16.9 Å². The van der Waals surface area contributed by atoms with Crippen LogP contribution in [0.15, 0.2) is 42.5 Å². The Labute approximate surface area is 213 Å². The van der Waals surface area contributed by atoms with E-state index in [1.165, 1.54) is 0 Å². The summed E-state index contributed by atoms with van der Waals surface area (Å²) in [6.07, 6.45) is 0. The van der Waals surface area contributed by atoms with Gasteiger partial charge in [-0.2, -0.15) is 0 Å².